The molecule has 0 radical (unpaired) electrons. The van der Waals surface area contributed by atoms with Crippen molar-refractivity contribution >= 4 is 23.1 Å². The lowest BCUT2D eigenvalue weighted by Crippen LogP contribution is -2.17. The van der Waals surface area contributed by atoms with Gasteiger partial charge in [-0.05, 0) is 49.8 Å². The normalized spacial score (nSPS) is 11.0. The first-order valence-electron chi connectivity index (χ1n) is 9.91. The summed E-state index contributed by atoms with van der Waals surface area (Å²) in [6.45, 7) is 7.96. The van der Waals surface area contributed by atoms with Crippen LogP contribution in [0.3, 0.4) is 0 Å². The van der Waals surface area contributed by atoms with Crippen LogP contribution in [0.1, 0.15) is 58.7 Å². The topological polar surface area (TPSA) is 102 Å². The van der Waals surface area contributed by atoms with Gasteiger partial charge in [0.1, 0.15) is 5.56 Å². The second-order valence-corrected chi connectivity index (χ2v) is 7.13. The number of nitrogens with one attached hydrogen (secondary N) is 1. The number of fused-ring (bicyclic) bond motifs is 1. The molecule has 1 aromatic carbocycles. The predicted molar refractivity (Wildman–Crippen MR) is 113 cm³/mol. The Balaban J connectivity index is 1.81. The highest BCUT2D eigenvalue weighted by atomic mass is 16.2. The maximum Gasteiger partial charge on any atom is 0.254 e. The van der Waals surface area contributed by atoms with E-state index in [1.54, 1.807) is 4.52 Å². The van der Waals surface area contributed by atoms with Crippen molar-refractivity contribution in [3.8, 4) is 0 Å². The first-order valence-corrected chi connectivity index (χ1v) is 9.91. The smallest absolute Gasteiger partial charge is 0.254 e. The number of amides is 2. The van der Waals surface area contributed by atoms with Crippen LogP contribution in [0.5, 0.6) is 0 Å². The second-order valence-electron chi connectivity index (χ2n) is 7.13. The number of anilines is 1. The molecular formula is C22H27N5O2. The van der Waals surface area contributed by atoms with Crippen LogP contribution in [0, 0.1) is 13.8 Å². The average molecular weight is 393 g/mol. The largest absolute Gasteiger partial charge is 0.365 e. The molecule has 2 aromatic heterocycles. The first kappa shape index (κ1) is 20.5. The molecule has 0 bridgehead atoms. The van der Waals surface area contributed by atoms with Gasteiger partial charge >= 0.3 is 0 Å². The van der Waals surface area contributed by atoms with Gasteiger partial charge in [-0.1, -0.05) is 32.0 Å². The minimum atomic E-state index is -0.556. The third kappa shape index (κ3) is 3.99. The van der Waals surface area contributed by atoms with Gasteiger partial charge in [-0.2, -0.15) is 5.10 Å². The van der Waals surface area contributed by atoms with Crippen molar-refractivity contribution in [2.45, 2.75) is 53.4 Å². The summed E-state index contributed by atoms with van der Waals surface area (Å²) in [5.41, 5.74) is 11.9. The fourth-order valence-corrected chi connectivity index (χ4v) is 3.69. The summed E-state index contributed by atoms with van der Waals surface area (Å²) < 4.78 is 1.61. The standard InChI is InChI=1S/C22H27N5O2/c1-5-15-8-7-9-16(6-2)20(15)26-19(28)11-10-17-13(3)25-22-18(21(23)29)12-24-27(22)14(17)4/h7-9,12H,5-6,10-11H2,1-4H3,(H2,23,29)(H,26,28). The molecule has 0 saturated carbocycles. The van der Waals surface area contributed by atoms with E-state index in [0.717, 1.165) is 46.6 Å². The van der Waals surface area contributed by atoms with Gasteiger partial charge in [0.05, 0.1) is 6.20 Å². The van der Waals surface area contributed by atoms with E-state index in [-0.39, 0.29) is 5.91 Å². The SMILES string of the molecule is CCc1cccc(CC)c1NC(=O)CCc1c(C)nc2c(C(N)=O)cnn2c1C. The molecule has 0 aliphatic heterocycles. The van der Waals surface area contributed by atoms with Crippen molar-refractivity contribution in [2.24, 2.45) is 5.73 Å². The van der Waals surface area contributed by atoms with Crippen molar-refractivity contribution in [3.05, 3.63) is 58.0 Å². The molecule has 3 rings (SSSR count). The van der Waals surface area contributed by atoms with E-state index < -0.39 is 5.91 Å². The molecule has 29 heavy (non-hydrogen) atoms. The number of para-hydroxylation sites is 1. The Kier molecular flexibility index (Phi) is 5.96. The molecule has 3 N–H and O–H groups in total. The van der Waals surface area contributed by atoms with Crippen LogP contribution in [0.15, 0.2) is 24.4 Å². The average Bonchev–Trinajstić information content (AvgIpc) is 3.12. The number of aryl methyl sites for hydroxylation is 4. The van der Waals surface area contributed by atoms with Crippen molar-refractivity contribution in [1.29, 1.82) is 0 Å². The summed E-state index contributed by atoms with van der Waals surface area (Å²) in [5.74, 6) is -0.586. The van der Waals surface area contributed by atoms with Gasteiger partial charge in [-0.15, -0.1) is 0 Å². The van der Waals surface area contributed by atoms with E-state index >= 15 is 0 Å². The molecule has 7 heteroatoms. The molecule has 2 amide bonds. The van der Waals surface area contributed by atoms with Crippen LogP contribution in [-0.4, -0.2) is 26.4 Å². The Morgan fingerprint density at radius 2 is 1.79 bits per heavy atom. The highest BCUT2D eigenvalue weighted by Gasteiger charge is 2.17. The second kappa shape index (κ2) is 8.43. The van der Waals surface area contributed by atoms with Crippen molar-refractivity contribution in [3.63, 3.8) is 0 Å². The number of benzene rings is 1. The van der Waals surface area contributed by atoms with Gasteiger partial charge in [-0.3, -0.25) is 9.59 Å². The number of primary amides is 1. The lowest BCUT2D eigenvalue weighted by atomic mass is 10.0. The monoisotopic (exact) mass is 393 g/mol. The van der Waals surface area contributed by atoms with E-state index in [9.17, 15) is 9.59 Å². The van der Waals surface area contributed by atoms with Crippen molar-refractivity contribution in [1.82, 2.24) is 14.6 Å². The number of carbonyl (C=O) groups excluding carboxylic acids is 2. The van der Waals surface area contributed by atoms with E-state index in [4.69, 9.17) is 5.73 Å². The molecular weight excluding hydrogens is 366 g/mol. The van der Waals surface area contributed by atoms with Crippen molar-refractivity contribution < 1.29 is 9.59 Å². The number of aromatic nitrogens is 3. The molecule has 0 spiro atoms. The summed E-state index contributed by atoms with van der Waals surface area (Å²) in [6.07, 6.45) is 4.03. The quantitative estimate of drug-likeness (QED) is 0.644. The molecule has 7 nitrogen and oxygen atoms in total. The highest BCUT2D eigenvalue weighted by Crippen LogP contribution is 2.23. The fourth-order valence-electron chi connectivity index (χ4n) is 3.69. The molecule has 0 aliphatic carbocycles. The molecule has 0 saturated heterocycles. The number of carbonyl (C=O) groups is 2. The summed E-state index contributed by atoms with van der Waals surface area (Å²) >= 11 is 0. The first-order chi connectivity index (χ1) is 13.9. The maximum atomic E-state index is 12.7. The van der Waals surface area contributed by atoms with Gasteiger partial charge in [0.25, 0.3) is 5.91 Å². The van der Waals surface area contributed by atoms with Crippen molar-refractivity contribution in [2.75, 3.05) is 5.32 Å². The zero-order chi connectivity index (χ0) is 21.1. The Hall–Kier alpha value is -3.22. The summed E-state index contributed by atoms with van der Waals surface area (Å²) in [6, 6.07) is 6.13. The van der Waals surface area contributed by atoms with Gasteiger partial charge in [-0.25, -0.2) is 9.50 Å². The number of rotatable bonds is 7. The van der Waals surface area contributed by atoms with Gasteiger partial charge in [0.15, 0.2) is 5.65 Å². The molecule has 0 unspecified atom stereocenters. The molecule has 152 valence electrons. The van der Waals surface area contributed by atoms with E-state index in [2.05, 4.69) is 41.4 Å². The van der Waals surface area contributed by atoms with Crippen LogP contribution in [-0.2, 0) is 24.1 Å². The van der Waals surface area contributed by atoms with Gasteiger partial charge in [0.2, 0.25) is 5.91 Å². The molecule has 2 heterocycles. The molecule has 0 fully saturated rings. The van der Waals surface area contributed by atoms with Crippen LogP contribution in [0.25, 0.3) is 5.65 Å². The number of hydrogen-bond donors (Lipinski definition) is 2. The third-order valence-corrected chi connectivity index (χ3v) is 5.34. The van der Waals surface area contributed by atoms with Crippen LogP contribution >= 0.6 is 0 Å². The minimum Gasteiger partial charge on any atom is -0.365 e. The Morgan fingerprint density at radius 3 is 2.38 bits per heavy atom. The zero-order valence-corrected chi connectivity index (χ0v) is 17.4. The Bertz CT molecular complexity index is 1060. The number of nitrogens with two attached hydrogens (primary N) is 1. The third-order valence-electron chi connectivity index (χ3n) is 5.34. The molecule has 3 aromatic rings. The van der Waals surface area contributed by atoms with Crippen LogP contribution < -0.4 is 11.1 Å². The lowest BCUT2D eigenvalue weighted by molar-refractivity contribution is -0.116. The minimum absolute atomic E-state index is 0.0298. The molecule has 0 atom stereocenters. The summed E-state index contributed by atoms with van der Waals surface area (Å²) in [5, 5.41) is 7.34. The van der Waals surface area contributed by atoms with Crippen LogP contribution in [0.2, 0.25) is 0 Å². The zero-order valence-electron chi connectivity index (χ0n) is 17.4. The number of hydrogen-bond acceptors (Lipinski definition) is 4. The predicted octanol–water partition coefficient (Wildman–Crippen LogP) is 3.14. The maximum absolute atomic E-state index is 12.7. The Morgan fingerprint density at radius 1 is 1.14 bits per heavy atom. The summed E-state index contributed by atoms with van der Waals surface area (Å²) in [4.78, 5) is 28.7. The van der Waals surface area contributed by atoms with E-state index in [1.165, 1.54) is 6.20 Å². The fraction of sp³-hybridized carbons (Fsp3) is 0.364. The lowest BCUT2D eigenvalue weighted by Gasteiger charge is -2.15. The van der Waals surface area contributed by atoms with E-state index in [1.807, 2.05) is 19.9 Å². The van der Waals surface area contributed by atoms with Crippen LogP contribution in [0.4, 0.5) is 5.69 Å². The summed E-state index contributed by atoms with van der Waals surface area (Å²) in [7, 11) is 0. The molecule has 0 aliphatic rings. The van der Waals surface area contributed by atoms with Gasteiger partial charge < -0.3 is 11.1 Å². The Labute approximate surface area is 170 Å². The van der Waals surface area contributed by atoms with E-state index in [0.29, 0.717) is 24.1 Å². The van der Waals surface area contributed by atoms with Gasteiger partial charge in [0, 0.05) is 23.5 Å². The number of nitrogens with zero attached hydrogens (tertiary/aromatic N) is 3. The highest BCUT2D eigenvalue weighted by molar-refractivity contribution is 5.98.